The molecule has 1 heterocycles. The predicted octanol–water partition coefficient (Wildman–Crippen LogP) is 1.95. The minimum absolute atomic E-state index is 0.0352. The van der Waals surface area contributed by atoms with E-state index in [9.17, 15) is 33.2 Å². The number of halogens is 3. The fraction of sp³-hybridized carbons (Fsp3) is 0.533. The van der Waals surface area contributed by atoms with E-state index in [0.29, 0.717) is 20.0 Å². The molecule has 1 saturated heterocycles. The highest BCUT2D eigenvalue weighted by Gasteiger charge is 2.51. The number of nitrogens with zero attached hydrogens (tertiary/aromatic N) is 3. The molecule has 1 aromatic carbocycles. The first-order chi connectivity index (χ1) is 11.5. The van der Waals surface area contributed by atoms with E-state index in [4.69, 9.17) is 0 Å². The normalized spacial score (nSPS) is 18.0. The molecule has 2 rings (SSSR count). The molecule has 10 heteroatoms. The number of rotatable bonds is 4. The van der Waals surface area contributed by atoms with Gasteiger partial charge in [0.15, 0.2) is 5.60 Å². The van der Waals surface area contributed by atoms with Gasteiger partial charge in [-0.25, -0.2) is 0 Å². The summed E-state index contributed by atoms with van der Waals surface area (Å²) in [4.78, 5) is 25.3. The average Bonchev–Trinajstić information content (AvgIpc) is 2.53. The fourth-order valence-electron chi connectivity index (χ4n) is 2.51. The number of carbonyl (C=O) groups excluding carboxylic acids is 1. The monoisotopic (exact) mass is 361 g/mol. The Morgan fingerprint density at radius 1 is 1.20 bits per heavy atom. The highest BCUT2D eigenvalue weighted by molar-refractivity contribution is 5.77. The summed E-state index contributed by atoms with van der Waals surface area (Å²) in [6, 6.07) is 5.91. The lowest BCUT2D eigenvalue weighted by atomic mass is 10.0. The Kier molecular flexibility index (Phi) is 5.21. The zero-order chi connectivity index (χ0) is 18.8. The molecule has 1 amide bonds. The maximum Gasteiger partial charge on any atom is 0.417 e. The predicted molar refractivity (Wildman–Crippen MR) is 83.2 cm³/mol. The van der Waals surface area contributed by atoms with E-state index in [2.05, 4.69) is 0 Å². The molecular formula is C15H18F3N3O4. The minimum atomic E-state index is -4.87. The number of nitro groups is 1. The van der Waals surface area contributed by atoms with Crippen LogP contribution in [0.25, 0.3) is 0 Å². The zero-order valence-electron chi connectivity index (χ0n) is 13.5. The number of non-ortho nitro benzene ring substituents is 1. The number of benzene rings is 1. The number of carbonyl (C=O) groups is 1. The Morgan fingerprint density at radius 3 is 2.16 bits per heavy atom. The molecule has 7 nitrogen and oxygen atoms in total. The molecule has 1 fully saturated rings. The minimum Gasteiger partial charge on any atom is -0.380 e. The number of hydrogen-bond donors (Lipinski definition) is 1. The van der Waals surface area contributed by atoms with Crippen LogP contribution in [0.2, 0.25) is 0 Å². The largest absolute Gasteiger partial charge is 0.417 e. The van der Waals surface area contributed by atoms with Gasteiger partial charge in [0.25, 0.3) is 5.69 Å². The summed E-state index contributed by atoms with van der Waals surface area (Å²) in [5.41, 5.74) is -2.36. The van der Waals surface area contributed by atoms with Gasteiger partial charge in [-0.2, -0.15) is 13.2 Å². The molecule has 138 valence electrons. The van der Waals surface area contributed by atoms with E-state index < -0.39 is 29.0 Å². The summed E-state index contributed by atoms with van der Waals surface area (Å²) >= 11 is 0. The Bertz CT molecular complexity index is 638. The van der Waals surface area contributed by atoms with Gasteiger partial charge in [-0.1, -0.05) is 0 Å². The molecule has 0 radical (unpaired) electrons. The topological polar surface area (TPSA) is 86.9 Å². The van der Waals surface area contributed by atoms with Crippen LogP contribution in [0.1, 0.15) is 13.3 Å². The number of anilines is 1. The van der Waals surface area contributed by atoms with Gasteiger partial charge in [-0.3, -0.25) is 14.9 Å². The summed E-state index contributed by atoms with van der Waals surface area (Å²) in [7, 11) is 0. The van der Waals surface area contributed by atoms with Crippen molar-refractivity contribution in [2.24, 2.45) is 0 Å². The maximum atomic E-state index is 12.7. The van der Waals surface area contributed by atoms with Gasteiger partial charge in [0.1, 0.15) is 0 Å². The second-order valence-electron chi connectivity index (χ2n) is 6.09. The second-order valence-corrected chi connectivity index (χ2v) is 6.09. The van der Waals surface area contributed by atoms with Gasteiger partial charge in [0.2, 0.25) is 5.91 Å². The van der Waals surface area contributed by atoms with Crippen LogP contribution in [-0.2, 0) is 4.79 Å². The number of amides is 1. The van der Waals surface area contributed by atoms with E-state index >= 15 is 0 Å². The summed E-state index contributed by atoms with van der Waals surface area (Å²) in [5.74, 6) is -0.759. The van der Waals surface area contributed by atoms with Crippen molar-refractivity contribution in [3.05, 3.63) is 34.4 Å². The van der Waals surface area contributed by atoms with Crippen LogP contribution >= 0.6 is 0 Å². The molecule has 1 atom stereocenters. The van der Waals surface area contributed by atoms with Crippen molar-refractivity contribution in [1.29, 1.82) is 0 Å². The van der Waals surface area contributed by atoms with Crippen LogP contribution in [0.3, 0.4) is 0 Å². The SMILES string of the molecule is C[C@@](O)(CC(=O)N1CCN(c2ccc([N+](=O)[O-])cc2)CC1)C(F)(F)F. The van der Waals surface area contributed by atoms with Crippen molar-refractivity contribution in [2.45, 2.75) is 25.1 Å². The van der Waals surface area contributed by atoms with Crippen molar-refractivity contribution in [1.82, 2.24) is 4.90 Å². The lowest BCUT2D eigenvalue weighted by Crippen LogP contribution is -2.52. The first kappa shape index (κ1) is 19.0. The molecule has 0 aliphatic carbocycles. The third kappa shape index (κ3) is 4.38. The van der Waals surface area contributed by atoms with E-state index in [1.165, 1.54) is 17.0 Å². The lowest BCUT2D eigenvalue weighted by molar-refractivity contribution is -0.384. The van der Waals surface area contributed by atoms with Crippen molar-refractivity contribution in [2.75, 3.05) is 31.1 Å². The van der Waals surface area contributed by atoms with Crippen molar-refractivity contribution in [3.8, 4) is 0 Å². The Balaban J connectivity index is 1.93. The molecule has 1 aliphatic rings. The standard InChI is InChI=1S/C15H18F3N3O4/c1-14(23,15(16,17)18)10-13(22)20-8-6-19(7-9-20)11-2-4-12(5-3-11)21(24)25/h2-5,23H,6-10H2,1H3/t14-/m1/s1. The first-order valence-electron chi connectivity index (χ1n) is 7.57. The number of nitro benzene ring substituents is 1. The number of hydrogen-bond acceptors (Lipinski definition) is 5. The Hall–Kier alpha value is -2.36. The van der Waals surface area contributed by atoms with Crippen LogP contribution in [0.15, 0.2) is 24.3 Å². The van der Waals surface area contributed by atoms with Crippen LogP contribution in [0, 0.1) is 10.1 Å². The van der Waals surface area contributed by atoms with Gasteiger partial charge in [-0.15, -0.1) is 0 Å². The third-order valence-corrected chi connectivity index (χ3v) is 4.16. The van der Waals surface area contributed by atoms with Gasteiger partial charge >= 0.3 is 6.18 Å². The number of aliphatic hydroxyl groups is 1. The summed E-state index contributed by atoms with van der Waals surface area (Å²) in [6.07, 6.45) is -5.89. The molecule has 0 spiro atoms. The molecule has 0 saturated carbocycles. The van der Waals surface area contributed by atoms with Gasteiger partial charge in [-0.05, 0) is 19.1 Å². The van der Waals surface area contributed by atoms with Crippen molar-refractivity contribution >= 4 is 17.3 Å². The number of piperazine rings is 1. The quantitative estimate of drug-likeness (QED) is 0.654. The summed E-state index contributed by atoms with van der Waals surface area (Å²) in [5, 5.41) is 20.1. The second kappa shape index (κ2) is 6.87. The smallest absolute Gasteiger partial charge is 0.380 e. The number of alkyl halides is 3. The fourth-order valence-corrected chi connectivity index (χ4v) is 2.51. The zero-order valence-corrected chi connectivity index (χ0v) is 13.5. The van der Waals surface area contributed by atoms with Crippen LogP contribution in [0.4, 0.5) is 24.5 Å². The maximum absolute atomic E-state index is 12.7. The molecule has 1 N–H and O–H groups in total. The molecule has 1 aromatic rings. The van der Waals surface area contributed by atoms with Gasteiger partial charge < -0.3 is 14.9 Å². The van der Waals surface area contributed by atoms with E-state index in [0.717, 1.165) is 5.69 Å². The van der Waals surface area contributed by atoms with Gasteiger partial charge in [0, 0.05) is 44.0 Å². The summed E-state index contributed by atoms with van der Waals surface area (Å²) < 4.78 is 38.0. The Morgan fingerprint density at radius 2 is 1.72 bits per heavy atom. The molecule has 1 aliphatic heterocycles. The molecule has 0 unspecified atom stereocenters. The Labute approximate surface area is 141 Å². The van der Waals surface area contributed by atoms with Crippen LogP contribution in [-0.4, -0.2) is 58.8 Å². The highest BCUT2D eigenvalue weighted by atomic mass is 19.4. The summed E-state index contributed by atoms with van der Waals surface area (Å²) in [6.45, 7) is 1.78. The highest BCUT2D eigenvalue weighted by Crippen LogP contribution is 2.33. The molecule has 0 aromatic heterocycles. The molecular weight excluding hydrogens is 343 g/mol. The van der Waals surface area contributed by atoms with Crippen LogP contribution in [0.5, 0.6) is 0 Å². The average molecular weight is 361 g/mol. The third-order valence-electron chi connectivity index (χ3n) is 4.16. The first-order valence-corrected chi connectivity index (χ1v) is 7.57. The molecule has 0 bridgehead atoms. The van der Waals surface area contributed by atoms with E-state index in [1.54, 1.807) is 12.1 Å². The van der Waals surface area contributed by atoms with Gasteiger partial charge in [0.05, 0.1) is 11.3 Å². The molecule has 25 heavy (non-hydrogen) atoms. The van der Waals surface area contributed by atoms with Crippen molar-refractivity contribution < 1.29 is 28.0 Å². The lowest BCUT2D eigenvalue weighted by Gasteiger charge is -2.37. The van der Waals surface area contributed by atoms with E-state index in [-0.39, 0.29) is 18.8 Å². The van der Waals surface area contributed by atoms with Crippen molar-refractivity contribution in [3.63, 3.8) is 0 Å². The van der Waals surface area contributed by atoms with E-state index in [1.807, 2.05) is 4.90 Å². The van der Waals surface area contributed by atoms with Crippen LogP contribution < -0.4 is 4.90 Å².